The van der Waals surface area contributed by atoms with Gasteiger partial charge in [-0.05, 0) is 40.5 Å². The lowest BCUT2D eigenvalue weighted by Gasteiger charge is -2.10. The summed E-state index contributed by atoms with van der Waals surface area (Å²) in [6, 6.07) is 51.7. The van der Waals surface area contributed by atoms with Gasteiger partial charge < -0.3 is 4.42 Å². The molecular formula is C39H25N3O. The molecule has 0 amide bonds. The molecule has 43 heavy (non-hydrogen) atoms. The molecule has 0 fully saturated rings. The third-order valence-electron chi connectivity index (χ3n) is 7.77. The van der Waals surface area contributed by atoms with E-state index in [2.05, 4.69) is 91.0 Å². The van der Waals surface area contributed by atoms with Crippen molar-refractivity contribution in [3.8, 4) is 56.4 Å². The van der Waals surface area contributed by atoms with Crippen LogP contribution in [0.25, 0.3) is 78.4 Å². The summed E-state index contributed by atoms with van der Waals surface area (Å²) in [5.41, 5.74) is 9.19. The van der Waals surface area contributed by atoms with Crippen LogP contribution in [0.4, 0.5) is 0 Å². The topological polar surface area (TPSA) is 51.8 Å². The van der Waals surface area contributed by atoms with Crippen LogP contribution >= 0.6 is 0 Å². The summed E-state index contributed by atoms with van der Waals surface area (Å²) in [5.74, 6) is 1.93. The van der Waals surface area contributed by atoms with Crippen LogP contribution < -0.4 is 0 Å². The Balaban J connectivity index is 1.17. The van der Waals surface area contributed by atoms with Gasteiger partial charge in [0.15, 0.2) is 17.5 Å². The average molecular weight is 552 g/mol. The second-order valence-corrected chi connectivity index (χ2v) is 10.5. The second kappa shape index (κ2) is 10.5. The minimum absolute atomic E-state index is 0.638. The van der Waals surface area contributed by atoms with E-state index < -0.39 is 0 Å². The SMILES string of the molecule is c1ccc(-c2ccc(-c3nc(-c4ccccc4)nc(-c4ccc(-c5ccc6oc7ccccc7c6c5)cc4)n3)cc2)cc1. The van der Waals surface area contributed by atoms with E-state index in [1.165, 1.54) is 5.56 Å². The van der Waals surface area contributed by atoms with Crippen LogP contribution in [-0.4, -0.2) is 15.0 Å². The normalized spacial score (nSPS) is 11.3. The third-order valence-corrected chi connectivity index (χ3v) is 7.77. The quantitative estimate of drug-likeness (QED) is 0.214. The first-order chi connectivity index (χ1) is 21.3. The van der Waals surface area contributed by atoms with Crippen molar-refractivity contribution in [2.45, 2.75) is 0 Å². The Morgan fingerprint density at radius 3 is 1.30 bits per heavy atom. The summed E-state index contributed by atoms with van der Waals surface area (Å²) in [7, 11) is 0. The van der Waals surface area contributed by atoms with Crippen molar-refractivity contribution in [2.75, 3.05) is 0 Å². The number of aromatic nitrogens is 3. The van der Waals surface area contributed by atoms with Gasteiger partial charge >= 0.3 is 0 Å². The van der Waals surface area contributed by atoms with Gasteiger partial charge in [0, 0.05) is 27.5 Å². The molecule has 8 rings (SSSR count). The Bertz CT molecular complexity index is 2200. The molecule has 202 valence electrons. The first-order valence-corrected chi connectivity index (χ1v) is 14.3. The lowest BCUT2D eigenvalue weighted by Crippen LogP contribution is -2.00. The van der Waals surface area contributed by atoms with Crippen LogP contribution in [0.15, 0.2) is 156 Å². The lowest BCUT2D eigenvalue weighted by molar-refractivity contribution is 0.669. The van der Waals surface area contributed by atoms with Crippen LogP contribution in [0.1, 0.15) is 0 Å². The maximum Gasteiger partial charge on any atom is 0.164 e. The number of benzene rings is 6. The van der Waals surface area contributed by atoms with E-state index in [4.69, 9.17) is 19.4 Å². The molecule has 8 aromatic rings. The molecule has 0 saturated heterocycles. The molecule has 0 aliphatic rings. The van der Waals surface area contributed by atoms with Gasteiger partial charge in [-0.15, -0.1) is 0 Å². The Morgan fingerprint density at radius 2 is 0.698 bits per heavy atom. The van der Waals surface area contributed by atoms with Crippen molar-refractivity contribution in [1.82, 2.24) is 15.0 Å². The zero-order valence-corrected chi connectivity index (χ0v) is 23.2. The predicted octanol–water partition coefficient (Wildman–Crippen LogP) is 10.1. The zero-order chi connectivity index (χ0) is 28.6. The van der Waals surface area contributed by atoms with E-state index in [1.807, 2.05) is 60.7 Å². The van der Waals surface area contributed by atoms with Crippen molar-refractivity contribution in [3.05, 3.63) is 152 Å². The molecule has 0 spiro atoms. The summed E-state index contributed by atoms with van der Waals surface area (Å²) in [6.07, 6.45) is 0. The van der Waals surface area contributed by atoms with E-state index in [9.17, 15) is 0 Å². The molecule has 0 aliphatic carbocycles. The van der Waals surface area contributed by atoms with E-state index >= 15 is 0 Å². The highest BCUT2D eigenvalue weighted by Gasteiger charge is 2.13. The average Bonchev–Trinajstić information content (AvgIpc) is 3.47. The molecule has 2 aromatic heterocycles. The molecule has 6 aromatic carbocycles. The molecular weight excluding hydrogens is 526 g/mol. The number of nitrogens with zero attached hydrogens (tertiary/aromatic N) is 3. The molecule has 0 atom stereocenters. The van der Waals surface area contributed by atoms with E-state index in [0.717, 1.165) is 55.3 Å². The first kappa shape index (κ1) is 24.9. The maximum atomic E-state index is 6.02. The zero-order valence-electron chi connectivity index (χ0n) is 23.2. The number of rotatable bonds is 5. The number of furan rings is 1. The fourth-order valence-electron chi connectivity index (χ4n) is 5.51. The van der Waals surface area contributed by atoms with Crippen LogP contribution in [-0.2, 0) is 0 Å². The number of fused-ring (bicyclic) bond motifs is 3. The third kappa shape index (κ3) is 4.75. The highest BCUT2D eigenvalue weighted by molar-refractivity contribution is 6.06. The second-order valence-electron chi connectivity index (χ2n) is 10.5. The highest BCUT2D eigenvalue weighted by atomic mass is 16.3. The van der Waals surface area contributed by atoms with Crippen molar-refractivity contribution in [1.29, 1.82) is 0 Å². The lowest BCUT2D eigenvalue weighted by atomic mass is 10.0. The minimum atomic E-state index is 0.638. The van der Waals surface area contributed by atoms with Gasteiger partial charge in [-0.2, -0.15) is 0 Å². The summed E-state index contributed by atoms with van der Waals surface area (Å²) in [5, 5.41) is 2.24. The summed E-state index contributed by atoms with van der Waals surface area (Å²) in [4.78, 5) is 14.7. The molecule has 0 radical (unpaired) electrons. The standard InChI is InChI=1S/C39H25N3O/c1-3-9-26(10-4-1)27-15-19-30(20-16-27)38-40-37(29-11-5-2-6-12-29)41-39(42-38)31-21-17-28(18-22-31)32-23-24-36-34(25-32)33-13-7-8-14-35(33)43-36/h1-25H. The molecule has 0 aliphatic heterocycles. The van der Waals surface area contributed by atoms with Crippen LogP contribution in [0.3, 0.4) is 0 Å². The predicted molar refractivity (Wildman–Crippen MR) is 174 cm³/mol. The smallest absolute Gasteiger partial charge is 0.164 e. The van der Waals surface area contributed by atoms with Gasteiger partial charge in [-0.25, -0.2) is 15.0 Å². The number of hydrogen-bond acceptors (Lipinski definition) is 4. The maximum absolute atomic E-state index is 6.02. The molecule has 2 heterocycles. The van der Waals surface area contributed by atoms with Gasteiger partial charge in [0.25, 0.3) is 0 Å². The van der Waals surface area contributed by atoms with E-state index in [1.54, 1.807) is 0 Å². The first-order valence-electron chi connectivity index (χ1n) is 14.3. The summed E-state index contributed by atoms with van der Waals surface area (Å²) >= 11 is 0. The molecule has 0 N–H and O–H groups in total. The Hall–Kier alpha value is -5.87. The highest BCUT2D eigenvalue weighted by Crippen LogP contribution is 2.33. The molecule has 0 unspecified atom stereocenters. The van der Waals surface area contributed by atoms with Crippen molar-refractivity contribution in [3.63, 3.8) is 0 Å². The van der Waals surface area contributed by atoms with Crippen LogP contribution in [0.2, 0.25) is 0 Å². The van der Waals surface area contributed by atoms with Crippen molar-refractivity contribution < 1.29 is 4.42 Å². The summed E-state index contributed by atoms with van der Waals surface area (Å²) in [6.45, 7) is 0. The molecule has 0 saturated carbocycles. The fraction of sp³-hybridized carbons (Fsp3) is 0. The molecule has 4 heteroatoms. The van der Waals surface area contributed by atoms with Gasteiger partial charge in [0.2, 0.25) is 0 Å². The molecule has 0 bridgehead atoms. The molecule has 4 nitrogen and oxygen atoms in total. The van der Waals surface area contributed by atoms with Gasteiger partial charge in [-0.3, -0.25) is 0 Å². The van der Waals surface area contributed by atoms with Crippen molar-refractivity contribution >= 4 is 21.9 Å². The monoisotopic (exact) mass is 551 g/mol. The van der Waals surface area contributed by atoms with Gasteiger partial charge in [0.05, 0.1) is 0 Å². The van der Waals surface area contributed by atoms with Gasteiger partial charge in [0.1, 0.15) is 11.2 Å². The minimum Gasteiger partial charge on any atom is -0.456 e. The van der Waals surface area contributed by atoms with Crippen molar-refractivity contribution in [2.24, 2.45) is 0 Å². The van der Waals surface area contributed by atoms with E-state index in [-0.39, 0.29) is 0 Å². The largest absolute Gasteiger partial charge is 0.456 e. The van der Waals surface area contributed by atoms with E-state index in [0.29, 0.717) is 17.5 Å². The van der Waals surface area contributed by atoms with Gasteiger partial charge in [-0.1, -0.05) is 133 Å². The Labute approximate surface area is 249 Å². The van der Waals surface area contributed by atoms with Crippen LogP contribution in [0.5, 0.6) is 0 Å². The number of para-hydroxylation sites is 1. The Kier molecular flexibility index (Phi) is 6.08. The summed E-state index contributed by atoms with van der Waals surface area (Å²) < 4.78 is 6.02. The Morgan fingerprint density at radius 1 is 0.302 bits per heavy atom. The fourth-order valence-corrected chi connectivity index (χ4v) is 5.51. The van der Waals surface area contributed by atoms with Crippen LogP contribution in [0, 0.1) is 0 Å². The number of hydrogen-bond donors (Lipinski definition) is 0.